The lowest BCUT2D eigenvalue weighted by Crippen LogP contribution is -2.17. The lowest BCUT2D eigenvalue weighted by molar-refractivity contribution is -0.384. The zero-order valence-electron chi connectivity index (χ0n) is 13.5. The van der Waals surface area contributed by atoms with Crippen LogP contribution in [0.5, 0.6) is 11.5 Å². The van der Waals surface area contributed by atoms with E-state index >= 15 is 0 Å². The summed E-state index contributed by atoms with van der Waals surface area (Å²) in [5, 5.41) is 11.1. The molecule has 0 unspecified atom stereocenters. The summed E-state index contributed by atoms with van der Waals surface area (Å²) in [6, 6.07) is 8.80. The Morgan fingerprint density at radius 1 is 1.27 bits per heavy atom. The van der Waals surface area contributed by atoms with Crippen LogP contribution in [-0.2, 0) is 27.5 Å². The molecule has 3 rings (SSSR count). The Morgan fingerprint density at radius 3 is 2.77 bits per heavy atom. The van der Waals surface area contributed by atoms with Crippen molar-refractivity contribution in [3.8, 4) is 11.5 Å². The van der Waals surface area contributed by atoms with Gasteiger partial charge in [-0.3, -0.25) is 10.1 Å². The molecule has 0 bridgehead atoms. The molecule has 2 aromatic carbocycles. The minimum absolute atomic E-state index is 0.0225. The van der Waals surface area contributed by atoms with Gasteiger partial charge in [-0.25, -0.2) is 4.79 Å². The number of nitro benzene ring substituents is 1. The Balaban J connectivity index is 1.54. The predicted molar refractivity (Wildman–Crippen MR) is 90.1 cm³/mol. The van der Waals surface area contributed by atoms with E-state index in [9.17, 15) is 14.9 Å². The normalized spacial score (nSPS) is 12.7. The zero-order chi connectivity index (χ0) is 18.5. The third kappa shape index (κ3) is 4.41. The van der Waals surface area contributed by atoms with Crippen molar-refractivity contribution in [3.05, 3.63) is 62.7 Å². The van der Waals surface area contributed by atoms with Crippen LogP contribution < -0.4 is 9.47 Å². The van der Waals surface area contributed by atoms with Gasteiger partial charge in [0, 0.05) is 28.3 Å². The Morgan fingerprint density at radius 2 is 2.04 bits per heavy atom. The highest BCUT2D eigenvalue weighted by Gasteiger charge is 2.17. The number of esters is 1. The SMILES string of the molecule is O=C(COc1ccc([N+](=O)[O-])cc1)OCc1cc(Cl)cc2c1OCOC2. The monoisotopic (exact) mass is 379 g/mol. The van der Waals surface area contributed by atoms with Crippen molar-refractivity contribution in [2.24, 2.45) is 0 Å². The molecule has 1 aliphatic heterocycles. The maximum absolute atomic E-state index is 11.9. The molecule has 2 aromatic rings. The van der Waals surface area contributed by atoms with Gasteiger partial charge in [-0.1, -0.05) is 11.6 Å². The van der Waals surface area contributed by atoms with Gasteiger partial charge in [-0.15, -0.1) is 0 Å². The number of benzene rings is 2. The summed E-state index contributed by atoms with van der Waals surface area (Å²) in [5.74, 6) is 0.335. The van der Waals surface area contributed by atoms with Gasteiger partial charge in [-0.2, -0.15) is 0 Å². The Labute approximate surface area is 153 Å². The van der Waals surface area contributed by atoms with Gasteiger partial charge in [0.2, 0.25) is 0 Å². The van der Waals surface area contributed by atoms with Crippen LogP contribution in [0.25, 0.3) is 0 Å². The second-order valence-corrected chi connectivity index (χ2v) is 5.80. The fourth-order valence-electron chi connectivity index (χ4n) is 2.37. The maximum atomic E-state index is 11.9. The van der Waals surface area contributed by atoms with Gasteiger partial charge in [-0.05, 0) is 24.3 Å². The molecule has 9 heteroatoms. The molecular formula is C17H14ClNO7. The van der Waals surface area contributed by atoms with Crippen LogP contribution in [0.2, 0.25) is 5.02 Å². The second kappa shape index (κ2) is 8.03. The average Bonchev–Trinajstić information content (AvgIpc) is 2.64. The van der Waals surface area contributed by atoms with Crippen LogP contribution in [0.15, 0.2) is 36.4 Å². The van der Waals surface area contributed by atoms with Crippen LogP contribution >= 0.6 is 11.6 Å². The van der Waals surface area contributed by atoms with Gasteiger partial charge in [0.25, 0.3) is 5.69 Å². The van der Waals surface area contributed by atoms with E-state index in [0.29, 0.717) is 28.7 Å². The fourth-order valence-corrected chi connectivity index (χ4v) is 2.63. The summed E-state index contributed by atoms with van der Waals surface area (Å²) in [4.78, 5) is 21.9. The molecule has 8 nitrogen and oxygen atoms in total. The van der Waals surface area contributed by atoms with E-state index in [0.717, 1.165) is 5.56 Å². The molecule has 1 heterocycles. The molecule has 0 fully saturated rings. The first-order valence-electron chi connectivity index (χ1n) is 7.57. The van der Waals surface area contributed by atoms with Crippen LogP contribution in [0.3, 0.4) is 0 Å². The molecule has 1 aliphatic rings. The molecule has 0 saturated heterocycles. The Bertz CT molecular complexity index is 823. The Kier molecular flexibility index (Phi) is 5.55. The summed E-state index contributed by atoms with van der Waals surface area (Å²) in [5.41, 5.74) is 1.37. The smallest absolute Gasteiger partial charge is 0.344 e. The van der Waals surface area contributed by atoms with E-state index in [-0.39, 0.29) is 25.7 Å². The van der Waals surface area contributed by atoms with Crippen molar-refractivity contribution in [3.63, 3.8) is 0 Å². The van der Waals surface area contributed by atoms with Crippen molar-refractivity contribution in [2.75, 3.05) is 13.4 Å². The van der Waals surface area contributed by atoms with Gasteiger partial charge in [0.15, 0.2) is 13.4 Å². The number of ether oxygens (including phenoxy) is 4. The maximum Gasteiger partial charge on any atom is 0.344 e. The van der Waals surface area contributed by atoms with Gasteiger partial charge in [0.1, 0.15) is 18.1 Å². The van der Waals surface area contributed by atoms with Gasteiger partial charge < -0.3 is 18.9 Å². The molecule has 0 atom stereocenters. The number of halogens is 1. The van der Waals surface area contributed by atoms with Crippen molar-refractivity contribution >= 4 is 23.3 Å². The summed E-state index contributed by atoms with van der Waals surface area (Å²) >= 11 is 6.05. The van der Waals surface area contributed by atoms with Crippen LogP contribution in [0, 0.1) is 10.1 Å². The number of carbonyl (C=O) groups excluding carboxylic acids is 1. The highest BCUT2D eigenvalue weighted by atomic mass is 35.5. The average molecular weight is 380 g/mol. The molecule has 0 aliphatic carbocycles. The lowest BCUT2D eigenvalue weighted by Gasteiger charge is -2.21. The lowest BCUT2D eigenvalue weighted by atomic mass is 10.1. The standard InChI is InChI=1S/C17H14ClNO7/c18-13-5-11-7-23-10-26-17(11)12(6-13)8-25-16(20)9-24-15-3-1-14(2-4-15)19(21)22/h1-6H,7-10H2. The molecule has 0 saturated carbocycles. The van der Waals surface area contributed by atoms with Crippen LogP contribution in [0.1, 0.15) is 11.1 Å². The number of rotatable bonds is 6. The van der Waals surface area contributed by atoms with E-state index < -0.39 is 10.9 Å². The van der Waals surface area contributed by atoms with E-state index in [2.05, 4.69) is 0 Å². The summed E-state index contributed by atoms with van der Waals surface area (Å²) < 4.78 is 21.1. The van der Waals surface area contributed by atoms with E-state index in [1.54, 1.807) is 12.1 Å². The van der Waals surface area contributed by atoms with E-state index in [4.69, 9.17) is 30.5 Å². The van der Waals surface area contributed by atoms with Crippen molar-refractivity contribution in [1.82, 2.24) is 0 Å². The highest BCUT2D eigenvalue weighted by molar-refractivity contribution is 6.30. The number of nitro groups is 1. The zero-order valence-corrected chi connectivity index (χ0v) is 14.2. The summed E-state index contributed by atoms with van der Waals surface area (Å²) in [6.45, 7) is 0.148. The van der Waals surface area contributed by atoms with Gasteiger partial charge in [0.05, 0.1) is 11.5 Å². The number of fused-ring (bicyclic) bond motifs is 1. The second-order valence-electron chi connectivity index (χ2n) is 5.36. The highest BCUT2D eigenvalue weighted by Crippen LogP contribution is 2.32. The van der Waals surface area contributed by atoms with Crippen LogP contribution in [-0.4, -0.2) is 24.3 Å². The molecule has 0 N–H and O–H groups in total. The molecule has 26 heavy (non-hydrogen) atoms. The predicted octanol–water partition coefficient (Wildman–Crippen LogP) is 3.24. The molecular weight excluding hydrogens is 366 g/mol. The molecule has 0 amide bonds. The van der Waals surface area contributed by atoms with Crippen molar-refractivity contribution in [1.29, 1.82) is 0 Å². The topological polar surface area (TPSA) is 97.1 Å². The van der Waals surface area contributed by atoms with Crippen LogP contribution in [0.4, 0.5) is 5.69 Å². The largest absolute Gasteiger partial charge is 0.482 e. The van der Waals surface area contributed by atoms with E-state index in [1.165, 1.54) is 24.3 Å². The first kappa shape index (κ1) is 18.0. The number of carbonyl (C=O) groups is 1. The fraction of sp³-hybridized carbons (Fsp3) is 0.235. The quantitative estimate of drug-likeness (QED) is 0.431. The third-order valence-electron chi connectivity index (χ3n) is 3.54. The number of hydrogen-bond acceptors (Lipinski definition) is 7. The van der Waals surface area contributed by atoms with Crippen molar-refractivity contribution in [2.45, 2.75) is 13.2 Å². The third-order valence-corrected chi connectivity index (χ3v) is 3.76. The number of nitrogens with zero attached hydrogens (tertiary/aromatic N) is 1. The van der Waals surface area contributed by atoms with Gasteiger partial charge >= 0.3 is 5.97 Å². The minimum atomic E-state index is -0.593. The number of hydrogen-bond donors (Lipinski definition) is 0. The molecule has 0 spiro atoms. The summed E-state index contributed by atoms with van der Waals surface area (Å²) in [6.07, 6.45) is 0. The summed E-state index contributed by atoms with van der Waals surface area (Å²) in [7, 11) is 0. The molecule has 0 aromatic heterocycles. The minimum Gasteiger partial charge on any atom is -0.482 e. The first-order valence-corrected chi connectivity index (χ1v) is 7.95. The van der Waals surface area contributed by atoms with E-state index in [1.807, 2.05) is 0 Å². The molecule has 0 radical (unpaired) electrons. The molecule has 136 valence electrons. The number of non-ortho nitro benzene ring substituents is 1. The first-order chi connectivity index (χ1) is 12.5. The Hall–Kier alpha value is -2.84. The van der Waals surface area contributed by atoms with Crippen molar-refractivity contribution < 1.29 is 28.7 Å².